The number of thioether (sulfide) groups is 2. The molecule has 2 aromatic carbocycles. The summed E-state index contributed by atoms with van der Waals surface area (Å²) in [4.78, 5) is 22.4. The Balaban J connectivity index is 1.91. The Morgan fingerprint density at radius 1 is 0.739 bits per heavy atom. The normalized spacial score (nSPS) is 10.3. The Morgan fingerprint density at radius 3 is 1.39 bits per heavy atom. The molecule has 120 valence electrons. The first-order valence-corrected chi connectivity index (χ1v) is 8.53. The topological polar surface area (TPSA) is 89.5 Å². The van der Waals surface area contributed by atoms with Gasteiger partial charge in [-0.05, 0) is 48.5 Å². The monoisotopic (exact) mass is 348 g/mol. The van der Waals surface area contributed by atoms with Gasteiger partial charge in [-0.3, -0.25) is 0 Å². The van der Waals surface area contributed by atoms with Gasteiger partial charge in [0.05, 0.1) is 11.9 Å². The molecule has 0 aliphatic heterocycles. The molecular formula is C16H12O5S2-2. The van der Waals surface area contributed by atoms with E-state index in [0.29, 0.717) is 11.5 Å². The van der Waals surface area contributed by atoms with Gasteiger partial charge in [0.1, 0.15) is 11.5 Å². The van der Waals surface area contributed by atoms with Gasteiger partial charge >= 0.3 is 0 Å². The molecule has 2 aromatic rings. The third kappa shape index (κ3) is 6.25. The van der Waals surface area contributed by atoms with Crippen molar-refractivity contribution in [1.82, 2.24) is 0 Å². The highest BCUT2D eigenvalue weighted by Gasteiger charge is 2.00. The first kappa shape index (κ1) is 17.2. The lowest BCUT2D eigenvalue weighted by Crippen LogP contribution is -2.24. The summed E-state index contributed by atoms with van der Waals surface area (Å²) in [5.41, 5.74) is 0. The van der Waals surface area contributed by atoms with Crippen LogP contribution >= 0.6 is 23.5 Å². The number of carboxylic acids is 2. The molecule has 0 aliphatic carbocycles. The van der Waals surface area contributed by atoms with E-state index in [-0.39, 0.29) is 11.5 Å². The highest BCUT2D eigenvalue weighted by Crippen LogP contribution is 2.27. The highest BCUT2D eigenvalue weighted by molar-refractivity contribution is 8.00. The molecule has 0 saturated heterocycles. The minimum absolute atomic E-state index is 0.0921. The van der Waals surface area contributed by atoms with Crippen LogP contribution in [-0.2, 0) is 9.59 Å². The average molecular weight is 348 g/mol. The molecular weight excluding hydrogens is 336 g/mol. The number of carboxylic acid groups (broad SMARTS) is 2. The molecule has 0 aromatic heterocycles. The lowest BCUT2D eigenvalue weighted by atomic mass is 10.3. The van der Waals surface area contributed by atoms with Crippen molar-refractivity contribution in [3.63, 3.8) is 0 Å². The van der Waals surface area contributed by atoms with Crippen molar-refractivity contribution in [2.24, 2.45) is 0 Å². The van der Waals surface area contributed by atoms with Gasteiger partial charge in [0.15, 0.2) is 0 Å². The van der Waals surface area contributed by atoms with Crippen LogP contribution in [0.4, 0.5) is 0 Å². The van der Waals surface area contributed by atoms with Crippen molar-refractivity contribution in [1.29, 1.82) is 0 Å². The molecule has 23 heavy (non-hydrogen) atoms. The summed E-state index contributed by atoms with van der Waals surface area (Å²) < 4.78 is 5.66. The standard InChI is InChI=1S/C16H14O5S2/c17-15(18)9-22-13-5-1-11(2-6-13)21-12-3-7-14(8-4-12)23-10-16(19)20/h1-8H,9-10H2,(H,17,18)(H,19,20)/p-2. The summed E-state index contributed by atoms with van der Waals surface area (Å²) in [6.45, 7) is 0. The summed E-state index contributed by atoms with van der Waals surface area (Å²) in [7, 11) is 0. The van der Waals surface area contributed by atoms with Gasteiger partial charge in [-0.1, -0.05) is 0 Å². The molecule has 0 atom stereocenters. The molecule has 0 N–H and O–H groups in total. The van der Waals surface area contributed by atoms with E-state index in [1.54, 1.807) is 48.5 Å². The van der Waals surface area contributed by atoms with Crippen LogP contribution in [0.5, 0.6) is 11.5 Å². The fourth-order valence-electron chi connectivity index (χ4n) is 1.63. The van der Waals surface area contributed by atoms with E-state index in [0.717, 1.165) is 9.79 Å². The number of carbonyl (C=O) groups excluding carboxylic acids is 2. The van der Waals surface area contributed by atoms with Gasteiger partial charge < -0.3 is 24.5 Å². The molecule has 0 aliphatic rings. The van der Waals surface area contributed by atoms with Crippen LogP contribution < -0.4 is 14.9 Å². The second-order valence-electron chi connectivity index (χ2n) is 4.37. The predicted molar refractivity (Wildman–Crippen MR) is 84.4 cm³/mol. The second-order valence-corrected chi connectivity index (χ2v) is 6.46. The highest BCUT2D eigenvalue weighted by atomic mass is 32.2. The Kier molecular flexibility index (Phi) is 6.37. The molecule has 5 nitrogen and oxygen atoms in total. The van der Waals surface area contributed by atoms with Gasteiger partial charge in [-0.15, -0.1) is 23.5 Å². The lowest BCUT2D eigenvalue weighted by molar-refractivity contribution is -0.302. The third-order valence-electron chi connectivity index (χ3n) is 2.60. The number of hydrogen-bond donors (Lipinski definition) is 0. The zero-order valence-corrected chi connectivity index (χ0v) is 13.5. The zero-order valence-electron chi connectivity index (χ0n) is 11.9. The van der Waals surface area contributed by atoms with Crippen molar-refractivity contribution in [3.05, 3.63) is 48.5 Å². The van der Waals surface area contributed by atoms with Crippen molar-refractivity contribution in [2.75, 3.05) is 11.5 Å². The van der Waals surface area contributed by atoms with Crippen molar-refractivity contribution < 1.29 is 24.5 Å². The van der Waals surface area contributed by atoms with Crippen LogP contribution in [0.2, 0.25) is 0 Å². The Morgan fingerprint density at radius 2 is 1.09 bits per heavy atom. The third-order valence-corrected chi connectivity index (χ3v) is 4.57. The number of benzene rings is 2. The summed E-state index contributed by atoms with van der Waals surface area (Å²) in [6, 6.07) is 14.1. The van der Waals surface area contributed by atoms with Crippen molar-refractivity contribution in [3.8, 4) is 11.5 Å². The first-order chi connectivity index (χ1) is 11.0. The summed E-state index contributed by atoms with van der Waals surface area (Å²) in [5.74, 6) is -1.15. The van der Waals surface area contributed by atoms with E-state index in [1.165, 1.54) is 23.5 Å². The summed E-state index contributed by atoms with van der Waals surface area (Å²) in [6.07, 6.45) is 0. The van der Waals surface area contributed by atoms with Gasteiger partial charge in [0.2, 0.25) is 0 Å². The van der Waals surface area contributed by atoms with E-state index in [1.807, 2.05) is 0 Å². The van der Waals surface area contributed by atoms with E-state index < -0.39 is 11.9 Å². The Hall–Kier alpha value is -2.12. The largest absolute Gasteiger partial charge is 0.549 e. The second kappa shape index (κ2) is 8.50. The fourth-order valence-corrected chi connectivity index (χ4v) is 2.85. The maximum absolute atomic E-state index is 10.4. The average Bonchev–Trinajstić information content (AvgIpc) is 2.53. The van der Waals surface area contributed by atoms with Crippen molar-refractivity contribution in [2.45, 2.75) is 9.79 Å². The molecule has 2 rings (SSSR count). The lowest BCUT2D eigenvalue weighted by Gasteiger charge is -2.08. The molecule has 0 fully saturated rings. The molecule has 0 heterocycles. The molecule has 0 amide bonds. The Bertz CT molecular complexity index is 608. The quantitative estimate of drug-likeness (QED) is 0.661. The summed E-state index contributed by atoms with van der Waals surface area (Å²) in [5, 5.41) is 20.8. The van der Waals surface area contributed by atoms with Gasteiger partial charge in [0, 0.05) is 21.3 Å². The van der Waals surface area contributed by atoms with Crippen LogP contribution in [0, 0.1) is 0 Å². The fraction of sp³-hybridized carbons (Fsp3) is 0.125. The molecule has 0 radical (unpaired) electrons. The number of ether oxygens (including phenoxy) is 1. The van der Waals surface area contributed by atoms with Crippen LogP contribution in [0.15, 0.2) is 58.3 Å². The van der Waals surface area contributed by atoms with E-state index in [4.69, 9.17) is 4.74 Å². The predicted octanol–water partition coefficient (Wildman–Crippen LogP) is 1.16. The minimum Gasteiger partial charge on any atom is -0.549 e. The van der Waals surface area contributed by atoms with Crippen LogP contribution in [-0.4, -0.2) is 23.4 Å². The molecule has 0 unspecified atom stereocenters. The van der Waals surface area contributed by atoms with Crippen molar-refractivity contribution >= 4 is 35.5 Å². The van der Waals surface area contributed by atoms with Crippen LogP contribution in [0.3, 0.4) is 0 Å². The maximum atomic E-state index is 10.4. The smallest absolute Gasteiger partial charge is 0.127 e. The van der Waals surface area contributed by atoms with E-state index in [2.05, 4.69) is 0 Å². The molecule has 0 spiro atoms. The van der Waals surface area contributed by atoms with E-state index >= 15 is 0 Å². The van der Waals surface area contributed by atoms with Crippen LogP contribution in [0.1, 0.15) is 0 Å². The van der Waals surface area contributed by atoms with E-state index in [9.17, 15) is 19.8 Å². The summed E-state index contributed by atoms with van der Waals surface area (Å²) >= 11 is 2.36. The minimum atomic E-state index is -1.10. The molecule has 7 heteroatoms. The molecule has 0 bridgehead atoms. The number of hydrogen-bond acceptors (Lipinski definition) is 7. The first-order valence-electron chi connectivity index (χ1n) is 6.56. The maximum Gasteiger partial charge on any atom is 0.127 e. The number of rotatable bonds is 8. The Labute approximate surface area is 141 Å². The number of aliphatic carboxylic acids is 2. The van der Waals surface area contributed by atoms with Gasteiger partial charge in [-0.2, -0.15) is 0 Å². The SMILES string of the molecule is O=C([O-])CSc1ccc(Oc2ccc(SCC(=O)[O-])cc2)cc1. The zero-order chi connectivity index (χ0) is 16.7. The molecule has 0 saturated carbocycles. The van der Waals surface area contributed by atoms with Gasteiger partial charge in [0.25, 0.3) is 0 Å². The van der Waals surface area contributed by atoms with Gasteiger partial charge in [-0.25, -0.2) is 0 Å². The number of carbonyl (C=O) groups is 2. The van der Waals surface area contributed by atoms with Crippen LogP contribution in [0.25, 0.3) is 0 Å².